The van der Waals surface area contributed by atoms with Gasteiger partial charge in [-0.2, -0.15) is 10.2 Å². The standard InChI is InChI=1S/C22H25F2N7O2/c23-20(24)19-17(11-31(28-19)13-4-2-1-3-5-13)26-22(32)16-9-25-30-7-6-18(27-21(16)30)29-10-15-8-14(29)12-33-15/h6-7,9,11,13-15,20H,1-5,8,10,12H2,(H,26,32)/t14?,15-/m1/s1. The molecule has 3 aromatic rings. The lowest BCUT2D eigenvalue weighted by atomic mass is 9.96. The van der Waals surface area contributed by atoms with Crippen LogP contribution in [0.2, 0.25) is 0 Å². The lowest BCUT2D eigenvalue weighted by Gasteiger charge is -2.27. The van der Waals surface area contributed by atoms with Crippen LogP contribution in [0.15, 0.2) is 24.7 Å². The molecular formula is C22H25F2N7O2. The minimum absolute atomic E-state index is 0.0325. The number of ether oxygens (including phenoxy) is 1. The first-order valence-electron chi connectivity index (χ1n) is 11.5. The summed E-state index contributed by atoms with van der Waals surface area (Å²) in [5.41, 5.74) is 0.229. The molecule has 5 heterocycles. The van der Waals surface area contributed by atoms with Crippen molar-refractivity contribution in [3.63, 3.8) is 0 Å². The average Bonchev–Trinajstić information content (AvgIpc) is 3.61. The van der Waals surface area contributed by atoms with E-state index in [0.29, 0.717) is 12.3 Å². The van der Waals surface area contributed by atoms with Gasteiger partial charge < -0.3 is 15.0 Å². The van der Waals surface area contributed by atoms with Crippen LogP contribution >= 0.6 is 0 Å². The molecule has 3 aliphatic rings. The lowest BCUT2D eigenvalue weighted by molar-refractivity contribution is 0.0988. The van der Waals surface area contributed by atoms with Crippen LogP contribution in [-0.4, -0.2) is 55.6 Å². The van der Waals surface area contributed by atoms with Crippen LogP contribution in [0.3, 0.4) is 0 Å². The average molecular weight is 457 g/mol. The molecular weight excluding hydrogens is 432 g/mol. The highest BCUT2D eigenvalue weighted by atomic mass is 19.3. The molecule has 1 amide bonds. The second kappa shape index (κ2) is 8.05. The Hall–Kier alpha value is -3.08. The monoisotopic (exact) mass is 457 g/mol. The normalized spacial score (nSPS) is 23.2. The number of anilines is 2. The Bertz CT molecular complexity index is 1190. The number of alkyl halides is 2. The molecule has 6 rings (SSSR count). The Morgan fingerprint density at radius 2 is 2.06 bits per heavy atom. The van der Waals surface area contributed by atoms with Gasteiger partial charge in [0.1, 0.15) is 11.4 Å². The van der Waals surface area contributed by atoms with E-state index in [9.17, 15) is 13.6 Å². The van der Waals surface area contributed by atoms with E-state index in [4.69, 9.17) is 4.74 Å². The predicted molar refractivity (Wildman–Crippen MR) is 116 cm³/mol. The van der Waals surface area contributed by atoms with Gasteiger partial charge in [0.25, 0.3) is 12.3 Å². The van der Waals surface area contributed by atoms with Crippen LogP contribution in [0.25, 0.3) is 5.65 Å². The quantitative estimate of drug-likeness (QED) is 0.630. The van der Waals surface area contributed by atoms with Crippen LogP contribution < -0.4 is 10.2 Å². The van der Waals surface area contributed by atoms with Gasteiger partial charge in [0, 0.05) is 18.9 Å². The van der Waals surface area contributed by atoms with Crippen LogP contribution in [-0.2, 0) is 4.74 Å². The third-order valence-corrected chi connectivity index (χ3v) is 6.96. The van der Waals surface area contributed by atoms with Gasteiger partial charge in [-0.25, -0.2) is 18.3 Å². The number of hydrogen-bond acceptors (Lipinski definition) is 6. The molecule has 1 N–H and O–H groups in total. The largest absolute Gasteiger partial charge is 0.374 e. The molecule has 33 heavy (non-hydrogen) atoms. The number of carbonyl (C=O) groups excluding carboxylic acids is 1. The van der Waals surface area contributed by atoms with Crippen LogP contribution in [0, 0.1) is 0 Å². The Kier molecular flexibility index (Phi) is 5.01. The molecule has 2 saturated heterocycles. The topological polar surface area (TPSA) is 89.6 Å². The van der Waals surface area contributed by atoms with Crippen molar-refractivity contribution in [3.8, 4) is 0 Å². The van der Waals surface area contributed by atoms with Crippen molar-refractivity contribution in [2.75, 3.05) is 23.4 Å². The summed E-state index contributed by atoms with van der Waals surface area (Å²) in [5, 5.41) is 11.0. The number of rotatable bonds is 5. The third kappa shape index (κ3) is 3.64. The van der Waals surface area contributed by atoms with E-state index in [2.05, 4.69) is 25.4 Å². The van der Waals surface area contributed by atoms with Gasteiger partial charge in [-0.15, -0.1) is 0 Å². The minimum Gasteiger partial charge on any atom is -0.374 e. The third-order valence-electron chi connectivity index (χ3n) is 6.96. The molecule has 0 radical (unpaired) electrons. The van der Waals surface area contributed by atoms with Crippen molar-refractivity contribution in [1.29, 1.82) is 0 Å². The number of amides is 1. The van der Waals surface area contributed by atoms with Gasteiger partial charge in [-0.1, -0.05) is 19.3 Å². The highest BCUT2D eigenvalue weighted by Crippen LogP contribution is 2.34. The zero-order valence-electron chi connectivity index (χ0n) is 18.0. The summed E-state index contributed by atoms with van der Waals surface area (Å²) in [7, 11) is 0. The SMILES string of the molecule is O=C(Nc1cn(C2CCCCC2)nc1C(F)F)c1cnn2ccc(N3C[C@H]4CC3CO4)nc12. The van der Waals surface area contributed by atoms with E-state index in [-0.39, 0.29) is 29.4 Å². The molecule has 9 nitrogen and oxygen atoms in total. The second-order valence-corrected chi connectivity index (χ2v) is 9.06. The number of nitrogens with zero attached hydrogens (tertiary/aromatic N) is 6. The molecule has 3 fully saturated rings. The summed E-state index contributed by atoms with van der Waals surface area (Å²) in [6.45, 7) is 1.44. The summed E-state index contributed by atoms with van der Waals surface area (Å²) in [6.07, 6.45) is 8.17. The fraction of sp³-hybridized carbons (Fsp3) is 0.545. The fourth-order valence-electron chi connectivity index (χ4n) is 5.25. The van der Waals surface area contributed by atoms with E-state index >= 15 is 0 Å². The molecule has 0 aromatic carbocycles. The fourth-order valence-corrected chi connectivity index (χ4v) is 5.25. The minimum atomic E-state index is -2.79. The van der Waals surface area contributed by atoms with Crippen molar-refractivity contribution >= 4 is 23.1 Å². The van der Waals surface area contributed by atoms with Crippen LogP contribution in [0.1, 0.15) is 67.0 Å². The molecule has 2 atom stereocenters. The maximum absolute atomic E-state index is 13.7. The van der Waals surface area contributed by atoms with Crippen LogP contribution in [0.4, 0.5) is 20.3 Å². The van der Waals surface area contributed by atoms with Gasteiger partial charge in [0.15, 0.2) is 11.3 Å². The molecule has 1 unspecified atom stereocenters. The highest BCUT2D eigenvalue weighted by molar-refractivity contribution is 6.08. The smallest absolute Gasteiger partial charge is 0.284 e. The zero-order valence-corrected chi connectivity index (χ0v) is 18.0. The van der Waals surface area contributed by atoms with Crippen molar-refractivity contribution < 1.29 is 18.3 Å². The Balaban J connectivity index is 1.28. The molecule has 2 aliphatic heterocycles. The van der Waals surface area contributed by atoms with Gasteiger partial charge in [0.2, 0.25) is 0 Å². The Morgan fingerprint density at radius 1 is 1.21 bits per heavy atom. The first kappa shape index (κ1) is 20.5. The van der Waals surface area contributed by atoms with E-state index in [1.807, 2.05) is 6.07 Å². The zero-order chi connectivity index (χ0) is 22.5. The number of fused-ring (bicyclic) bond motifs is 3. The van der Waals surface area contributed by atoms with Crippen molar-refractivity contribution in [2.45, 2.75) is 63.1 Å². The van der Waals surface area contributed by atoms with Gasteiger partial charge in [-0.05, 0) is 25.3 Å². The molecule has 174 valence electrons. The molecule has 0 spiro atoms. The summed E-state index contributed by atoms with van der Waals surface area (Å²) < 4.78 is 36.1. The molecule has 11 heteroatoms. The van der Waals surface area contributed by atoms with Crippen LogP contribution in [0.5, 0.6) is 0 Å². The lowest BCUT2D eigenvalue weighted by Crippen LogP contribution is -2.37. The van der Waals surface area contributed by atoms with E-state index in [0.717, 1.165) is 50.9 Å². The molecule has 2 bridgehead atoms. The summed E-state index contributed by atoms with van der Waals surface area (Å²) in [5.74, 6) is 0.220. The number of hydrogen-bond donors (Lipinski definition) is 1. The maximum atomic E-state index is 13.7. The van der Waals surface area contributed by atoms with Gasteiger partial charge >= 0.3 is 0 Å². The van der Waals surface area contributed by atoms with E-state index in [1.54, 1.807) is 10.9 Å². The predicted octanol–water partition coefficient (Wildman–Crippen LogP) is 3.60. The van der Waals surface area contributed by atoms with Gasteiger partial charge in [-0.3, -0.25) is 9.48 Å². The van der Waals surface area contributed by atoms with Crippen molar-refractivity contribution in [1.82, 2.24) is 24.4 Å². The number of carbonyl (C=O) groups is 1. The van der Waals surface area contributed by atoms with E-state index < -0.39 is 18.0 Å². The Labute approximate surface area is 188 Å². The molecule has 1 aliphatic carbocycles. The number of halogens is 2. The molecule has 1 saturated carbocycles. The summed E-state index contributed by atoms with van der Waals surface area (Å²) >= 11 is 0. The van der Waals surface area contributed by atoms with E-state index in [1.165, 1.54) is 16.9 Å². The molecule has 3 aromatic heterocycles. The number of aromatic nitrogens is 5. The summed E-state index contributed by atoms with van der Waals surface area (Å²) in [4.78, 5) is 20.0. The summed E-state index contributed by atoms with van der Waals surface area (Å²) in [6, 6.07) is 2.23. The van der Waals surface area contributed by atoms with Crippen molar-refractivity contribution in [3.05, 3.63) is 35.9 Å². The van der Waals surface area contributed by atoms with Gasteiger partial charge in [0.05, 0.1) is 36.7 Å². The number of morpholine rings is 1. The van der Waals surface area contributed by atoms with Crippen molar-refractivity contribution in [2.24, 2.45) is 0 Å². The highest BCUT2D eigenvalue weighted by Gasteiger charge is 2.39. The first-order chi connectivity index (χ1) is 16.1. The maximum Gasteiger partial charge on any atom is 0.284 e. The Morgan fingerprint density at radius 3 is 2.79 bits per heavy atom. The first-order valence-corrected chi connectivity index (χ1v) is 11.5. The number of nitrogens with one attached hydrogen (secondary N) is 1. The second-order valence-electron chi connectivity index (χ2n) is 9.06.